The van der Waals surface area contributed by atoms with E-state index in [0.29, 0.717) is 16.7 Å². The van der Waals surface area contributed by atoms with Gasteiger partial charge in [0.2, 0.25) is 15.9 Å². The van der Waals surface area contributed by atoms with Crippen molar-refractivity contribution in [1.29, 1.82) is 0 Å². The fourth-order valence-electron chi connectivity index (χ4n) is 3.46. The van der Waals surface area contributed by atoms with Crippen LogP contribution in [-0.2, 0) is 28.9 Å². The number of benzene rings is 2. The van der Waals surface area contributed by atoms with Gasteiger partial charge in [0.05, 0.1) is 23.0 Å². The summed E-state index contributed by atoms with van der Waals surface area (Å²) < 4.78 is 42.1. The highest BCUT2D eigenvalue weighted by molar-refractivity contribution is 7.92. The first-order valence-electron chi connectivity index (χ1n) is 9.26. The van der Waals surface area contributed by atoms with Gasteiger partial charge in [0, 0.05) is 19.8 Å². The first-order chi connectivity index (χ1) is 14.0. The Kier molecular flexibility index (Phi) is 5.71. The summed E-state index contributed by atoms with van der Waals surface area (Å²) in [6.07, 6.45) is 1.19. The van der Waals surface area contributed by atoms with Crippen molar-refractivity contribution in [3.8, 4) is 0 Å². The maximum Gasteiger partial charge on any atom is 0.328 e. The van der Waals surface area contributed by atoms with Gasteiger partial charge in [-0.15, -0.1) is 0 Å². The molecule has 1 atom stereocenters. The van der Waals surface area contributed by atoms with Crippen molar-refractivity contribution in [2.75, 3.05) is 15.9 Å². The third-order valence-electron chi connectivity index (χ3n) is 4.95. The molecule has 0 radical (unpaired) electrons. The summed E-state index contributed by atoms with van der Waals surface area (Å²) in [7, 11) is -0.536. The summed E-state index contributed by atoms with van der Waals surface area (Å²) in [5.41, 5.74) is 1.77. The van der Waals surface area contributed by atoms with E-state index in [1.165, 1.54) is 21.3 Å². The number of nitrogens with one attached hydrogen (secondary N) is 1. The van der Waals surface area contributed by atoms with Crippen LogP contribution >= 0.6 is 0 Å². The van der Waals surface area contributed by atoms with E-state index in [9.17, 15) is 22.4 Å². The van der Waals surface area contributed by atoms with Crippen LogP contribution in [0.5, 0.6) is 0 Å². The number of hydrogen-bond acceptors (Lipinski definition) is 4. The van der Waals surface area contributed by atoms with Crippen LogP contribution in [0.15, 0.2) is 47.3 Å². The minimum atomic E-state index is -3.82. The first kappa shape index (κ1) is 21.6. The normalized spacial score (nSPS) is 12.7. The van der Waals surface area contributed by atoms with Gasteiger partial charge in [-0.3, -0.25) is 18.2 Å². The molecule has 0 spiro atoms. The summed E-state index contributed by atoms with van der Waals surface area (Å²) in [5.74, 6) is -1.04. The second kappa shape index (κ2) is 7.94. The van der Waals surface area contributed by atoms with Crippen LogP contribution in [0.1, 0.15) is 13.3 Å². The Morgan fingerprint density at radius 2 is 1.70 bits per heavy atom. The summed E-state index contributed by atoms with van der Waals surface area (Å²) in [4.78, 5) is 25.1. The van der Waals surface area contributed by atoms with Gasteiger partial charge < -0.3 is 5.32 Å². The molecule has 1 amide bonds. The highest BCUT2D eigenvalue weighted by Gasteiger charge is 2.31. The number of fused-ring (bicyclic) bond motifs is 1. The standard InChI is InChI=1S/C20H23FN4O4S/c1-5-16(25(30(4,28)29)15-9-6-13(21)7-10-15)19(26)22-14-8-11-17-18(12-14)24(3)20(27)23(17)2/h6-12,16H,5H2,1-4H3,(H,22,26)/t16-/m1/s1. The summed E-state index contributed by atoms with van der Waals surface area (Å²) in [6.45, 7) is 1.69. The molecule has 30 heavy (non-hydrogen) atoms. The van der Waals surface area contributed by atoms with Crippen LogP contribution in [0.25, 0.3) is 11.0 Å². The van der Waals surface area contributed by atoms with Crippen LogP contribution in [0.3, 0.4) is 0 Å². The molecule has 8 nitrogen and oxygen atoms in total. The number of sulfonamides is 1. The zero-order valence-corrected chi connectivity index (χ0v) is 17.9. The maximum atomic E-state index is 13.3. The second-order valence-corrected chi connectivity index (χ2v) is 8.91. The Morgan fingerprint density at radius 3 is 2.27 bits per heavy atom. The SMILES string of the molecule is CC[C@H](C(=O)Nc1ccc2c(c1)n(C)c(=O)n2C)N(c1ccc(F)cc1)S(C)(=O)=O. The fraction of sp³-hybridized carbons (Fsp3) is 0.300. The topological polar surface area (TPSA) is 93.4 Å². The van der Waals surface area contributed by atoms with Crippen molar-refractivity contribution in [2.24, 2.45) is 14.1 Å². The number of hydrogen-bond donors (Lipinski definition) is 1. The van der Waals surface area contributed by atoms with E-state index < -0.39 is 27.8 Å². The Morgan fingerprint density at radius 1 is 1.10 bits per heavy atom. The Balaban J connectivity index is 1.96. The fourth-order valence-corrected chi connectivity index (χ4v) is 4.67. The monoisotopic (exact) mass is 434 g/mol. The first-order valence-corrected chi connectivity index (χ1v) is 11.1. The Labute approximate surface area is 173 Å². The van der Waals surface area contributed by atoms with Gasteiger partial charge in [0.25, 0.3) is 0 Å². The zero-order chi connectivity index (χ0) is 22.2. The number of nitrogens with zero attached hydrogens (tertiary/aromatic N) is 3. The number of aryl methyl sites for hydroxylation is 2. The predicted molar refractivity (Wildman–Crippen MR) is 115 cm³/mol. The molecular formula is C20H23FN4O4S. The van der Waals surface area contributed by atoms with Gasteiger partial charge in [-0.2, -0.15) is 0 Å². The van der Waals surface area contributed by atoms with Crippen molar-refractivity contribution in [2.45, 2.75) is 19.4 Å². The third kappa shape index (κ3) is 3.95. The lowest BCUT2D eigenvalue weighted by atomic mass is 10.1. The van der Waals surface area contributed by atoms with Crippen molar-refractivity contribution in [1.82, 2.24) is 9.13 Å². The lowest BCUT2D eigenvalue weighted by Crippen LogP contribution is -2.47. The van der Waals surface area contributed by atoms with E-state index in [1.54, 1.807) is 39.2 Å². The molecule has 0 bridgehead atoms. The van der Waals surface area contributed by atoms with Crippen LogP contribution in [0.4, 0.5) is 15.8 Å². The average Bonchev–Trinajstić information content (AvgIpc) is 2.90. The van der Waals surface area contributed by atoms with E-state index >= 15 is 0 Å². The molecule has 3 rings (SSSR count). The van der Waals surface area contributed by atoms with Crippen molar-refractivity contribution >= 4 is 38.3 Å². The highest BCUT2D eigenvalue weighted by atomic mass is 32.2. The molecule has 0 saturated heterocycles. The Bertz CT molecular complexity index is 1260. The van der Waals surface area contributed by atoms with Gasteiger partial charge in [0.1, 0.15) is 11.9 Å². The number of anilines is 2. The molecule has 0 unspecified atom stereocenters. The molecular weight excluding hydrogens is 411 g/mol. The summed E-state index contributed by atoms with van der Waals surface area (Å²) >= 11 is 0. The average molecular weight is 434 g/mol. The summed E-state index contributed by atoms with van der Waals surface area (Å²) in [6, 6.07) is 8.89. The van der Waals surface area contributed by atoms with Crippen LogP contribution in [-0.4, -0.2) is 35.8 Å². The van der Waals surface area contributed by atoms with Gasteiger partial charge in [-0.05, 0) is 48.9 Å². The molecule has 10 heteroatoms. The van der Waals surface area contributed by atoms with Crippen LogP contribution in [0.2, 0.25) is 0 Å². The van der Waals surface area contributed by atoms with E-state index in [4.69, 9.17) is 0 Å². The van der Waals surface area contributed by atoms with E-state index in [-0.39, 0.29) is 17.8 Å². The number of aromatic nitrogens is 2. The van der Waals surface area contributed by atoms with E-state index in [0.717, 1.165) is 22.7 Å². The van der Waals surface area contributed by atoms with Crippen molar-refractivity contribution in [3.63, 3.8) is 0 Å². The molecule has 1 heterocycles. The minimum Gasteiger partial charge on any atom is -0.324 e. The van der Waals surface area contributed by atoms with Gasteiger partial charge in [0.15, 0.2) is 0 Å². The molecule has 0 aliphatic carbocycles. The number of carbonyl (C=O) groups excluding carboxylic acids is 1. The lowest BCUT2D eigenvalue weighted by Gasteiger charge is -2.30. The molecule has 3 aromatic rings. The third-order valence-corrected chi connectivity index (χ3v) is 6.13. The number of carbonyl (C=O) groups is 1. The molecule has 0 fully saturated rings. The van der Waals surface area contributed by atoms with Crippen LogP contribution < -0.4 is 15.3 Å². The van der Waals surface area contributed by atoms with Crippen molar-refractivity contribution < 1.29 is 17.6 Å². The molecule has 0 saturated carbocycles. The second-order valence-electron chi connectivity index (χ2n) is 7.05. The molecule has 0 aliphatic rings. The number of amides is 1. The van der Waals surface area contributed by atoms with Gasteiger partial charge >= 0.3 is 5.69 Å². The maximum absolute atomic E-state index is 13.3. The smallest absolute Gasteiger partial charge is 0.324 e. The quantitative estimate of drug-likeness (QED) is 0.644. The molecule has 1 N–H and O–H groups in total. The Hall–Kier alpha value is -3.14. The highest BCUT2D eigenvalue weighted by Crippen LogP contribution is 2.24. The molecule has 160 valence electrons. The molecule has 0 aliphatic heterocycles. The summed E-state index contributed by atoms with van der Waals surface area (Å²) in [5, 5.41) is 2.73. The lowest BCUT2D eigenvalue weighted by molar-refractivity contribution is -0.117. The zero-order valence-electron chi connectivity index (χ0n) is 17.1. The van der Waals surface area contributed by atoms with Gasteiger partial charge in [-0.25, -0.2) is 17.6 Å². The molecule has 1 aromatic heterocycles. The van der Waals surface area contributed by atoms with E-state index in [2.05, 4.69) is 5.32 Å². The van der Waals surface area contributed by atoms with Crippen molar-refractivity contribution in [3.05, 3.63) is 58.8 Å². The van der Waals surface area contributed by atoms with E-state index in [1.807, 2.05) is 0 Å². The number of imidazole rings is 1. The number of rotatable bonds is 6. The largest absolute Gasteiger partial charge is 0.328 e. The minimum absolute atomic E-state index is 0.195. The van der Waals surface area contributed by atoms with Gasteiger partial charge in [-0.1, -0.05) is 6.92 Å². The predicted octanol–water partition coefficient (Wildman–Crippen LogP) is 2.20. The molecule has 2 aromatic carbocycles. The number of halogens is 1. The van der Waals surface area contributed by atoms with Crippen LogP contribution in [0, 0.1) is 5.82 Å².